The molecular weight excluding hydrogens is 304 g/mol. The summed E-state index contributed by atoms with van der Waals surface area (Å²) in [4.78, 5) is 5.58. The number of hydrogen-bond acceptors (Lipinski definition) is 4. The highest BCUT2D eigenvalue weighted by atomic mass is 15.2. The van der Waals surface area contributed by atoms with Gasteiger partial charge in [0, 0.05) is 32.3 Å². The van der Waals surface area contributed by atoms with Gasteiger partial charge in [-0.1, -0.05) is 45.6 Å². The van der Waals surface area contributed by atoms with Crippen molar-refractivity contribution >= 4 is 23.8 Å². The van der Waals surface area contributed by atoms with Gasteiger partial charge in [-0.25, -0.2) is 0 Å². The quantitative estimate of drug-likeness (QED) is 0.222. The van der Waals surface area contributed by atoms with Crippen molar-refractivity contribution in [2.24, 2.45) is 20.4 Å². The summed E-state index contributed by atoms with van der Waals surface area (Å²) >= 11 is 0. The maximum Gasteiger partial charge on any atom is 0.0572 e. The number of aryl methyl sites for hydroxylation is 2. The highest BCUT2D eigenvalue weighted by Crippen LogP contribution is 2.20. The largest absolute Gasteiger partial charge is 0.159 e. The van der Waals surface area contributed by atoms with E-state index in [1.165, 1.54) is 12.4 Å². The van der Waals surface area contributed by atoms with Crippen LogP contribution in [0.15, 0.2) is 56.8 Å². The molecule has 0 heterocycles. The molecule has 8 nitrogen and oxygen atoms in total. The molecular formula is C16H14N8. The molecule has 0 N–H and O–H groups in total. The first kappa shape index (κ1) is 16.8. The van der Waals surface area contributed by atoms with Crippen LogP contribution in [0.3, 0.4) is 0 Å². The zero-order valence-corrected chi connectivity index (χ0v) is 13.2. The predicted molar refractivity (Wildman–Crippen MR) is 95.2 cm³/mol. The van der Waals surface area contributed by atoms with Crippen molar-refractivity contribution in [1.82, 2.24) is 0 Å². The van der Waals surface area contributed by atoms with Crippen molar-refractivity contribution in [2.45, 2.75) is 13.8 Å². The highest BCUT2D eigenvalue weighted by Gasteiger charge is 1.99. The van der Waals surface area contributed by atoms with Crippen molar-refractivity contribution in [3.63, 3.8) is 0 Å². The first-order chi connectivity index (χ1) is 11.6. The summed E-state index contributed by atoms with van der Waals surface area (Å²) in [6.45, 7) is 3.86. The van der Waals surface area contributed by atoms with Crippen LogP contribution >= 0.6 is 0 Å². The van der Waals surface area contributed by atoms with Crippen molar-refractivity contribution in [3.05, 3.63) is 79.5 Å². The Morgan fingerprint density at radius 2 is 1.17 bits per heavy atom. The zero-order chi connectivity index (χ0) is 17.4. The lowest BCUT2D eigenvalue weighted by Gasteiger charge is -2.00. The summed E-state index contributed by atoms with van der Waals surface area (Å²) in [5, 5.41) is 15.2. The Morgan fingerprint density at radius 1 is 0.750 bits per heavy atom. The zero-order valence-electron chi connectivity index (χ0n) is 13.2. The van der Waals surface area contributed by atoms with Gasteiger partial charge in [0.15, 0.2) is 0 Å². The van der Waals surface area contributed by atoms with Crippen LogP contribution in [0.25, 0.3) is 20.9 Å². The number of azide groups is 2. The van der Waals surface area contributed by atoms with E-state index in [2.05, 4.69) is 30.3 Å². The van der Waals surface area contributed by atoms with Gasteiger partial charge in [0.2, 0.25) is 0 Å². The van der Waals surface area contributed by atoms with Crippen LogP contribution in [0, 0.1) is 13.8 Å². The fraction of sp³-hybridized carbons (Fsp3) is 0.125. The van der Waals surface area contributed by atoms with E-state index in [-0.39, 0.29) is 0 Å². The molecule has 0 fully saturated rings. The fourth-order valence-electron chi connectivity index (χ4n) is 2.02. The molecule has 0 saturated carbocycles. The first-order valence-electron chi connectivity index (χ1n) is 7.02. The van der Waals surface area contributed by atoms with Gasteiger partial charge in [-0.15, -0.1) is 0 Å². The van der Waals surface area contributed by atoms with Gasteiger partial charge < -0.3 is 0 Å². The van der Waals surface area contributed by atoms with Gasteiger partial charge in [-0.2, -0.15) is 10.2 Å². The van der Waals surface area contributed by atoms with Gasteiger partial charge in [0.1, 0.15) is 0 Å². The van der Waals surface area contributed by atoms with Crippen molar-refractivity contribution < 1.29 is 0 Å². The second-order valence-electron chi connectivity index (χ2n) is 4.99. The lowest BCUT2D eigenvalue weighted by atomic mass is 10.1. The first-order valence-corrected chi connectivity index (χ1v) is 7.02. The average Bonchev–Trinajstić information content (AvgIpc) is 2.56. The average molecular weight is 318 g/mol. The standard InChI is InChI=1S/C16H14N8/c1-11-3-5-15(21-23-17)13(7-11)9-19-20-10-14-8-12(2)4-6-16(14)22-24-18/h3-10H,1-2H3/b19-9+,20-10+. The Hall–Kier alpha value is -3.60. The molecule has 118 valence electrons. The maximum atomic E-state index is 8.59. The Kier molecular flexibility index (Phi) is 5.69. The van der Waals surface area contributed by atoms with Crippen LogP contribution in [0.5, 0.6) is 0 Å². The summed E-state index contributed by atoms with van der Waals surface area (Å²) in [7, 11) is 0. The van der Waals surface area contributed by atoms with E-state index in [0.29, 0.717) is 22.5 Å². The van der Waals surface area contributed by atoms with Gasteiger partial charge in [-0.05, 0) is 37.0 Å². The second kappa shape index (κ2) is 8.14. The minimum Gasteiger partial charge on any atom is -0.159 e. The predicted octanol–water partition coefficient (Wildman–Crippen LogP) is 5.64. The monoisotopic (exact) mass is 318 g/mol. The number of nitrogens with zero attached hydrogens (tertiary/aromatic N) is 8. The molecule has 0 aliphatic rings. The Morgan fingerprint density at radius 3 is 1.54 bits per heavy atom. The number of benzene rings is 2. The lowest BCUT2D eigenvalue weighted by Crippen LogP contribution is -1.85. The topological polar surface area (TPSA) is 122 Å². The molecule has 0 spiro atoms. The summed E-state index contributed by atoms with van der Waals surface area (Å²) in [5.74, 6) is 0. The van der Waals surface area contributed by atoms with E-state index >= 15 is 0 Å². The summed E-state index contributed by atoms with van der Waals surface area (Å²) in [6.07, 6.45) is 3.02. The van der Waals surface area contributed by atoms with E-state index in [9.17, 15) is 0 Å². The lowest BCUT2D eigenvalue weighted by molar-refractivity contribution is 1.26. The van der Waals surface area contributed by atoms with Crippen molar-refractivity contribution in [1.29, 1.82) is 0 Å². The number of hydrogen-bond donors (Lipinski definition) is 0. The molecule has 2 aromatic rings. The Balaban J connectivity index is 2.28. The van der Waals surface area contributed by atoms with E-state index in [4.69, 9.17) is 11.1 Å². The summed E-state index contributed by atoms with van der Waals surface area (Å²) < 4.78 is 0. The molecule has 0 aliphatic heterocycles. The van der Waals surface area contributed by atoms with E-state index in [1.807, 2.05) is 38.1 Å². The molecule has 0 amide bonds. The van der Waals surface area contributed by atoms with Gasteiger partial charge in [-0.3, -0.25) is 0 Å². The molecule has 2 rings (SSSR count). The highest BCUT2D eigenvalue weighted by molar-refractivity contribution is 5.89. The smallest absolute Gasteiger partial charge is 0.0572 e. The van der Waals surface area contributed by atoms with Gasteiger partial charge in [0.25, 0.3) is 0 Å². The molecule has 0 aliphatic carbocycles. The van der Waals surface area contributed by atoms with Crippen LogP contribution in [0.1, 0.15) is 22.3 Å². The molecule has 8 heteroatoms. The second-order valence-corrected chi connectivity index (χ2v) is 4.99. The minimum absolute atomic E-state index is 0.479. The molecule has 0 unspecified atom stereocenters. The maximum absolute atomic E-state index is 8.59. The third-order valence-corrected chi connectivity index (χ3v) is 3.13. The molecule has 0 aromatic heterocycles. The van der Waals surface area contributed by atoms with E-state index in [1.54, 1.807) is 12.1 Å². The Bertz CT molecular complexity index is 825. The molecule has 0 bridgehead atoms. The van der Waals surface area contributed by atoms with E-state index in [0.717, 1.165) is 11.1 Å². The summed E-state index contributed by atoms with van der Waals surface area (Å²) in [5.41, 5.74) is 21.5. The Labute approximate surface area is 138 Å². The number of rotatable bonds is 5. The third-order valence-electron chi connectivity index (χ3n) is 3.13. The molecule has 24 heavy (non-hydrogen) atoms. The molecule has 0 saturated heterocycles. The molecule has 0 radical (unpaired) electrons. The van der Waals surface area contributed by atoms with Gasteiger partial charge in [0.05, 0.1) is 12.4 Å². The van der Waals surface area contributed by atoms with Crippen LogP contribution in [0.2, 0.25) is 0 Å². The van der Waals surface area contributed by atoms with Crippen molar-refractivity contribution in [2.75, 3.05) is 0 Å². The minimum atomic E-state index is 0.479. The van der Waals surface area contributed by atoms with E-state index < -0.39 is 0 Å². The van der Waals surface area contributed by atoms with Crippen LogP contribution in [0.4, 0.5) is 11.4 Å². The van der Waals surface area contributed by atoms with Crippen LogP contribution < -0.4 is 0 Å². The normalized spacial score (nSPS) is 10.6. The molecule has 0 atom stereocenters. The molecule has 2 aromatic carbocycles. The van der Waals surface area contributed by atoms with Crippen LogP contribution in [-0.2, 0) is 0 Å². The fourth-order valence-corrected chi connectivity index (χ4v) is 2.02. The van der Waals surface area contributed by atoms with Crippen LogP contribution in [-0.4, -0.2) is 12.4 Å². The van der Waals surface area contributed by atoms with Gasteiger partial charge >= 0.3 is 0 Å². The van der Waals surface area contributed by atoms with Crippen molar-refractivity contribution in [3.8, 4) is 0 Å². The third kappa shape index (κ3) is 4.45. The SMILES string of the molecule is Cc1ccc(N=[N+]=[N-])c(/C=N/N=C/c2cc(C)ccc2N=[N+]=[N-])c1. The summed E-state index contributed by atoms with van der Waals surface area (Å²) in [6, 6.07) is 10.8.